The SMILES string of the molecule is CC(C)NC(=O)CCNC(=O)c1cn(-c2cccc(C(F)(F)F)c2)cn1. The number of aromatic nitrogens is 2. The van der Waals surface area contributed by atoms with Gasteiger partial charge in [-0.3, -0.25) is 9.59 Å². The summed E-state index contributed by atoms with van der Waals surface area (Å²) in [6.45, 7) is 3.79. The Labute approximate surface area is 148 Å². The Morgan fingerprint density at radius 2 is 2.00 bits per heavy atom. The zero-order chi connectivity index (χ0) is 19.3. The summed E-state index contributed by atoms with van der Waals surface area (Å²) in [5.74, 6) is -0.692. The van der Waals surface area contributed by atoms with Crippen LogP contribution in [0.25, 0.3) is 5.69 Å². The van der Waals surface area contributed by atoms with E-state index in [0.717, 1.165) is 12.1 Å². The van der Waals surface area contributed by atoms with Crippen molar-refractivity contribution in [1.29, 1.82) is 0 Å². The quantitative estimate of drug-likeness (QED) is 0.823. The van der Waals surface area contributed by atoms with E-state index in [1.807, 2.05) is 13.8 Å². The molecule has 0 saturated heterocycles. The van der Waals surface area contributed by atoms with Crippen molar-refractivity contribution in [3.63, 3.8) is 0 Å². The number of nitrogens with zero attached hydrogens (tertiary/aromatic N) is 2. The second-order valence-corrected chi connectivity index (χ2v) is 5.94. The summed E-state index contributed by atoms with van der Waals surface area (Å²) < 4.78 is 39.7. The Hall–Kier alpha value is -2.84. The molecule has 0 aliphatic carbocycles. The molecule has 1 heterocycles. The highest BCUT2D eigenvalue weighted by molar-refractivity contribution is 5.92. The lowest BCUT2D eigenvalue weighted by atomic mass is 10.2. The first kappa shape index (κ1) is 19.5. The smallest absolute Gasteiger partial charge is 0.354 e. The third kappa shape index (κ3) is 5.33. The Balaban J connectivity index is 1.99. The highest BCUT2D eigenvalue weighted by Gasteiger charge is 2.30. The van der Waals surface area contributed by atoms with E-state index in [0.29, 0.717) is 0 Å². The van der Waals surface area contributed by atoms with Gasteiger partial charge in [-0.05, 0) is 32.0 Å². The maximum atomic E-state index is 12.8. The molecule has 0 aliphatic heterocycles. The zero-order valence-electron chi connectivity index (χ0n) is 14.3. The highest BCUT2D eigenvalue weighted by atomic mass is 19.4. The molecule has 0 fully saturated rings. The van der Waals surface area contributed by atoms with Gasteiger partial charge < -0.3 is 15.2 Å². The molecule has 0 unspecified atom stereocenters. The van der Waals surface area contributed by atoms with Crippen molar-refractivity contribution < 1.29 is 22.8 Å². The second-order valence-electron chi connectivity index (χ2n) is 5.94. The Morgan fingerprint density at radius 3 is 2.65 bits per heavy atom. The van der Waals surface area contributed by atoms with Crippen LogP contribution in [0.5, 0.6) is 0 Å². The number of amides is 2. The van der Waals surface area contributed by atoms with Crippen LogP contribution < -0.4 is 10.6 Å². The molecule has 2 rings (SSSR count). The number of carbonyl (C=O) groups is 2. The number of rotatable bonds is 6. The van der Waals surface area contributed by atoms with Gasteiger partial charge in [0.1, 0.15) is 12.0 Å². The van der Waals surface area contributed by atoms with Gasteiger partial charge in [0.2, 0.25) is 5.91 Å². The molecular formula is C17H19F3N4O2. The molecule has 2 aromatic rings. The monoisotopic (exact) mass is 368 g/mol. The fourth-order valence-corrected chi connectivity index (χ4v) is 2.20. The van der Waals surface area contributed by atoms with Crippen LogP contribution in [-0.4, -0.2) is 34.0 Å². The number of benzene rings is 1. The lowest BCUT2D eigenvalue weighted by Gasteiger charge is -2.09. The summed E-state index contributed by atoms with van der Waals surface area (Å²) in [7, 11) is 0. The van der Waals surface area contributed by atoms with Gasteiger partial charge in [-0.2, -0.15) is 13.2 Å². The van der Waals surface area contributed by atoms with Gasteiger partial charge >= 0.3 is 6.18 Å². The van der Waals surface area contributed by atoms with E-state index in [-0.39, 0.29) is 36.3 Å². The van der Waals surface area contributed by atoms with Crippen molar-refractivity contribution in [2.24, 2.45) is 0 Å². The van der Waals surface area contributed by atoms with E-state index >= 15 is 0 Å². The lowest BCUT2D eigenvalue weighted by Crippen LogP contribution is -2.34. The minimum absolute atomic E-state index is 0.0151. The van der Waals surface area contributed by atoms with Gasteiger partial charge in [-0.25, -0.2) is 4.98 Å². The summed E-state index contributed by atoms with van der Waals surface area (Å²) in [6.07, 6.45) is -1.74. The molecule has 6 nitrogen and oxygen atoms in total. The fraction of sp³-hybridized carbons (Fsp3) is 0.353. The van der Waals surface area contributed by atoms with Crippen LogP contribution in [-0.2, 0) is 11.0 Å². The third-order valence-corrected chi connectivity index (χ3v) is 3.37. The number of halogens is 3. The normalized spacial score (nSPS) is 11.5. The Kier molecular flexibility index (Phi) is 6.01. The first-order chi connectivity index (χ1) is 12.2. The topological polar surface area (TPSA) is 76.0 Å². The summed E-state index contributed by atoms with van der Waals surface area (Å²) in [6, 6.07) is 4.72. The van der Waals surface area contributed by atoms with E-state index in [4.69, 9.17) is 0 Å². The second kappa shape index (κ2) is 8.03. The molecule has 140 valence electrons. The molecule has 26 heavy (non-hydrogen) atoms. The number of hydrogen-bond donors (Lipinski definition) is 2. The van der Waals surface area contributed by atoms with Gasteiger partial charge in [-0.1, -0.05) is 6.07 Å². The van der Waals surface area contributed by atoms with Crippen LogP contribution in [0.1, 0.15) is 36.3 Å². The van der Waals surface area contributed by atoms with Gasteiger partial charge in [0, 0.05) is 30.9 Å². The van der Waals surface area contributed by atoms with E-state index in [1.54, 1.807) is 0 Å². The average Bonchev–Trinajstić information content (AvgIpc) is 3.03. The average molecular weight is 368 g/mol. The van der Waals surface area contributed by atoms with Crippen LogP contribution in [0.3, 0.4) is 0 Å². The van der Waals surface area contributed by atoms with Crippen LogP contribution in [0.2, 0.25) is 0 Å². The molecule has 1 aromatic heterocycles. The summed E-state index contributed by atoms with van der Waals surface area (Å²) in [4.78, 5) is 27.4. The zero-order valence-corrected chi connectivity index (χ0v) is 14.3. The number of nitrogens with one attached hydrogen (secondary N) is 2. The minimum Gasteiger partial charge on any atom is -0.354 e. The summed E-state index contributed by atoms with van der Waals surface area (Å²) in [5.41, 5.74) is -0.500. The summed E-state index contributed by atoms with van der Waals surface area (Å²) >= 11 is 0. The van der Waals surface area contributed by atoms with Crippen LogP contribution in [0, 0.1) is 0 Å². The molecule has 0 saturated carbocycles. The predicted octanol–water partition coefficient (Wildman–Crippen LogP) is 2.54. The van der Waals surface area contributed by atoms with Gasteiger partial charge in [0.15, 0.2) is 0 Å². The molecule has 0 spiro atoms. The van der Waals surface area contributed by atoms with Gasteiger partial charge in [0.05, 0.1) is 5.56 Å². The highest BCUT2D eigenvalue weighted by Crippen LogP contribution is 2.30. The first-order valence-corrected chi connectivity index (χ1v) is 7.96. The van der Waals surface area contributed by atoms with Crippen molar-refractivity contribution in [2.75, 3.05) is 6.54 Å². The molecule has 2 N–H and O–H groups in total. The molecule has 1 aromatic carbocycles. The van der Waals surface area contributed by atoms with Crippen molar-refractivity contribution >= 4 is 11.8 Å². The van der Waals surface area contributed by atoms with Crippen LogP contribution in [0.15, 0.2) is 36.8 Å². The largest absolute Gasteiger partial charge is 0.416 e. The molecule has 0 radical (unpaired) electrons. The van der Waals surface area contributed by atoms with Gasteiger partial charge in [0.25, 0.3) is 5.91 Å². The minimum atomic E-state index is -4.45. The number of alkyl halides is 3. The molecule has 9 heteroatoms. The lowest BCUT2D eigenvalue weighted by molar-refractivity contribution is -0.137. The third-order valence-electron chi connectivity index (χ3n) is 3.37. The van der Waals surface area contributed by atoms with E-state index < -0.39 is 17.6 Å². The fourth-order valence-electron chi connectivity index (χ4n) is 2.20. The molecule has 0 bridgehead atoms. The number of carbonyl (C=O) groups excluding carboxylic acids is 2. The van der Waals surface area contributed by atoms with Crippen molar-refractivity contribution in [2.45, 2.75) is 32.5 Å². The van der Waals surface area contributed by atoms with Crippen LogP contribution >= 0.6 is 0 Å². The van der Waals surface area contributed by atoms with Gasteiger partial charge in [-0.15, -0.1) is 0 Å². The molecule has 0 atom stereocenters. The summed E-state index contributed by atoms with van der Waals surface area (Å²) in [5, 5.41) is 5.25. The number of imidazole rings is 1. The Bertz CT molecular complexity index is 784. The molecular weight excluding hydrogens is 349 g/mol. The maximum Gasteiger partial charge on any atom is 0.416 e. The molecule has 0 aliphatic rings. The Morgan fingerprint density at radius 1 is 1.27 bits per heavy atom. The van der Waals surface area contributed by atoms with Crippen molar-refractivity contribution in [3.05, 3.63) is 48.0 Å². The van der Waals surface area contributed by atoms with E-state index in [9.17, 15) is 22.8 Å². The van der Waals surface area contributed by atoms with E-state index in [1.165, 1.54) is 29.2 Å². The molecule has 2 amide bonds. The predicted molar refractivity (Wildman–Crippen MR) is 88.8 cm³/mol. The number of hydrogen-bond acceptors (Lipinski definition) is 3. The first-order valence-electron chi connectivity index (χ1n) is 7.96. The van der Waals surface area contributed by atoms with E-state index in [2.05, 4.69) is 15.6 Å². The van der Waals surface area contributed by atoms with Crippen molar-refractivity contribution in [1.82, 2.24) is 20.2 Å². The van der Waals surface area contributed by atoms with Crippen molar-refractivity contribution in [3.8, 4) is 5.69 Å². The van der Waals surface area contributed by atoms with Crippen LogP contribution in [0.4, 0.5) is 13.2 Å². The maximum absolute atomic E-state index is 12.8. The standard InChI is InChI=1S/C17H19F3N4O2/c1-11(2)23-15(25)6-7-21-16(26)14-9-24(10-22-14)13-5-3-4-12(8-13)17(18,19)20/h3-5,8-11H,6-7H2,1-2H3,(H,21,26)(H,23,25).